The van der Waals surface area contributed by atoms with Gasteiger partial charge in [0.15, 0.2) is 0 Å². The third kappa shape index (κ3) is 3.00. The molecule has 4 nitrogen and oxygen atoms in total. The van der Waals surface area contributed by atoms with Gasteiger partial charge in [0.1, 0.15) is 5.54 Å². The summed E-state index contributed by atoms with van der Waals surface area (Å²) in [6.07, 6.45) is 0.361. The molecule has 2 amide bonds. The zero-order chi connectivity index (χ0) is 14.9. The minimum Gasteiger partial charge on any atom is -0.342 e. The molecule has 2 rings (SSSR count). The summed E-state index contributed by atoms with van der Waals surface area (Å²) in [5.41, 5.74) is 2.74. The minimum atomic E-state index is -0.826. The average Bonchev–Trinajstić information content (AvgIpc) is 2.45. The third-order valence-electron chi connectivity index (χ3n) is 3.83. The summed E-state index contributed by atoms with van der Waals surface area (Å²) >= 11 is 0. The van der Waals surface area contributed by atoms with E-state index in [1.807, 2.05) is 6.07 Å². The Morgan fingerprint density at radius 3 is 2.55 bits per heavy atom. The smallest absolute Gasteiger partial charge is 0.248 e. The van der Waals surface area contributed by atoms with Crippen LogP contribution in [0.2, 0.25) is 0 Å². The predicted octanol–water partition coefficient (Wildman–Crippen LogP) is 1.93. The van der Waals surface area contributed by atoms with E-state index >= 15 is 0 Å². The monoisotopic (exact) mass is 274 g/mol. The summed E-state index contributed by atoms with van der Waals surface area (Å²) in [7, 11) is 0. The highest BCUT2D eigenvalue weighted by Crippen LogP contribution is 2.17. The van der Waals surface area contributed by atoms with Crippen molar-refractivity contribution in [2.75, 3.05) is 6.54 Å². The number of carbonyl (C=O) groups is 2. The van der Waals surface area contributed by atoms with Crippen LogP contribution in [0.5, 0.6) is 0 Å². The van der Waals surface area contributed by atoms with Crippen molar-refractivity contribution in [2.24, 2.45) is 0 Å². The van der Waals surface area contributed by atoms with Gasteiger partial charge < -0.3 is 10.2 Å². The van der Waals surface area contributed by atoms with Crippen LogP contribution in [0.25, 0.3) is 0 Å². The lowest BCUT2D eigenvalue weighted by Crippen LogP contribution is -2.52. The number of nitrogens with zero attached hydrogens (tertiary/aromatic N) is 1. The molecule has 1 aromatic rings. The van der Waals surface area contributed by atoms with Gasteiger partial charge in [-0.05, 0) is 44.4 Å². The van der Waals surface area contributed by atoms with E-state index in [9.17, 15) is 9.59 Å². The van der Waals surface area contributed by atoms with Gasteiger partial charge in [0.05, 0.1) is 0 Å². The highest BCUT2D eigenvalue weighted by atomic mass is 16.2. The van der Waals surface area contributed by atoms with Crippen LogP contribution < -0.4 is 5.32 Å². The zero-order valence-electron chi connectivity index (χ0n) is 12.6. The highest BCUT2D eigenvalue weighted by Gasteiger charge is 2.36. The summed E-state index contributed by atoms with van der Waals surface area (Å²) in [6, 6.07) is 6.22. The lowest BCUT2D eigenvalue weighted by molar-refractivity contribution is -0.137. The molecular weight excluding hydrogens is 252 g/mol. The number of nitrogens with one attached hydrogen (secondary N) is 1. The number of hydrogen-bond acceptors (Lipinski definition) is 2. The second-order valence-corrected chi connectivity index (χ2v) is 6.07. The van der Waals surface area contributed by atoms with Crippen LogP contribution in [0.1, 0.15) is 37.0 Å². The standard InChI is InChI=1S/C16H22N2O2/c1-11-5-6-13(9-12(11)2)10-18-8-7-14(19)17-16(3,4)15(18)20/h5-6,9H,7-8,10H2,1-4H3,(H,17,19). The maximum Gasteiger partial charge on any atom is 0.248 e. The van der Waals surface area contributed by atoms with Gasteiger partial charge in [-0.25, -0.2) is 0 Å². The van der Waals surface area contributed by atoms with Gasteiger partial charge in [-0.1, -0.05) is 18.2 Å². The molecule has 1 aromatic carbocycles. The van der Waals surface area contributed by atoms with Crippen LogP contribution >= 0.6 is 0 Å². The fourth-order valence-electron chi connectivity index (χ4n) is 2.47. The second-order valence-electron chi connectivity index (χ2n) is 6.07. The average molecular weight is 274 g/mol. The Morgan fingerprint density at radius 1 is 1.20 bits per heavy atom. The number of benzene rings is 1. The van der Waals surface area contributed by atoms with Gasteiger partial charge in [-0.3, -0.25) is 9.59 Å². The summed E-state index contributed by atoms with van der Waals surface area (Å²) in [5, 5.41) is 2.77. The van der Waals surface area contributed by atoms with Gasteiger partial charge in [0.25, 0.3) is 0 Å². The number of hydrogen-bond donors (Lipinski definition) is 1. The lowest BCUT2D eigenvalue weighted by Gasteiger charge is -2.29. The molecule has 0 bridgehead atoms. The Kier molecular flexibility index (Phi) is 3.84. The Hall–Kier alpha value is -1.84. The van der Waals surface area contributed by atoms with Crippen LogP contribution in [0.3, 0.4) is 0 Å². The molecule has 108 valence electrons. The topological polar surface area (TPSA) is 49.4 Å². The largest absolute Gasteiger partial charge is 0.342 e. The molecule has 0 aliphatic carbocycles. The molecule has 0 atom stereocenters. The maximum absolute atomic E-state index is 12.5. The van der Waals surface area contributed by atoms with Crippen LogP contribution in [0, 0.1) is 13.8 Å². The Balaban J connectivity index is 2.20. The first-order valence-corrected chi connectivity index (χ1v) is 6.96. The van der Waals surface area contributed by atoms with Crippen molar-refractivity contribution in [1.82, 2.24) is 10.2 Å². The molecule has 0 unspecified atom stereocenters. The molecule has 4 heteroatoms. The molecule has 1 heterocycles. The summed E-state index contributed by atoms with van der Waals surface area (Å²) in [4.78, 5) is 25.9. The Labute approximate surface area is 120 Å². The molecule has 0 spiro atoms. The molecule has 20 heavy (non-hydrogen) atoms. The first-order valence-electron chi connectivity index (χ1n) is 6.96. The van der Waals surface area contributed by atoms with Crippen molar-refractivity contribution in [3.8, 4) is 0 Å². The van der Waals surface area contributed by atoms with Gasteiger partial charge in [0.2, 0.25) is 11.8 Å². The maximum atomic E-state index is 12.5. The van der Waals surface area contributed by atoms with E-state index in [2.05, 4.69) is 31.3 Å². The molecule has 0 radical (unpaired) electrons. The fraction of sp³-hybridized carbons (Fsp3) is 0.500. The molecule has 1 saturated heterocycles. The van der Waals surface area contributed by atoms with Crippen LogP contribution in [-0.4, -0.2) is 28.8 Å². The van der Waals surface area contributed by atoms with Crippen molar-refractivity contribution >= 4 is 11.8 Å². The Morgan fingerprint density at radius 2 is 1.90 bits per heavy atom. The van der Waals surface area contributed by atoms with E-state index in [1.165, 1.54) is 11.1 Å². The molecule has 1 aliphatic rings. The third-order valence-corrected chi connectivity index (χ3v) is 3.83. The second kappa shape index (κ2) is 5.27. The number of aryl methyl sites for hydroxylation is 2. The van der Waals surface area contributed by atoms with Gasteiger partial charge in [0, 0.05) is 19.5 Å². The van der Waals surface area contributed by atoms with E-state index < -0.39 is 5.54 Å². The van der Waals surface area contributed by atoms with Crippen molar-refractivity contribution in [3.63, 3.8) is 0 Å². The molecule has 0 saturated carbocycles. The summed E-state index contributed by atoms with van der Waals surface area (Å²) < 4.78 is 0. The first kappa shape index (κ1) is 14.6. The summed E-state index contributed by atoms with van der Waals surface area (Å²) in [6.45, 7) is 8.68. The molecule has 0 aromatic heterocycles. The SMILES string of the molecule is Cc1ccc(CN2CCC(=O)NC(C)(C)C2=O)cc1C. The lowest BCUT2D eigenvalue weighted by atomic mass is 10.0. The highest BCUT2D eigenvalue weighted by molar-refractivity contribution is 5.92. The summed E-state index contributed by atoms with van der Waals surface area (Å²) in [5.74, 6) is -0.0903. The van der Waals surface area contributed by atoms with Gasteiger partial charge in [-0.2, -0.15) is 0 Å². The van der Waals surface area contributed by atoms with E-state index in [1.54, 1.807) is 18.7 Å². The van der Waals surface area contributed by atoms with Crippen LogP contribution in [-0.2, 0) is 16.1 Å². The van der Waals surface area contributed by atoms with Gasteiger partial charge >= 0.3 is 0 Å². The molecule has 1 N–H and O–H groups in total. The van der Waals surface area contributed by atoms with Crippen molar-refractivity contribution in [1.29, 1.82) is 0 Å². The number of amides is 2. The van der Waals surface area contributed by atoms with Crippen molar-refractivity contribution < 1.29 is 9.59 Å². The number of rotatable bonds is 2. The normalized spacial score (nSPS) is 18.7. The molecule has 1 aliphatic heterocycles. The van der Waals surface area contributed by atoms with E-state index in [4.69, 9.17) is 0 Å². The zero-order valence-corrected chi connectivity index (χ0v) is 12.6. The van der Waals surface area contributed by atoms with Crippen molar-refractivity contribution in [3.05, 3.63) is 34.9 Å². The minimum absolute atomic E-state index is 0.0263. The Bertz CT molecular complexity index is 549. The van der Waals surface area contributed by atoms with Crippen LogP contribution in [0.4, 0.5) is 0 Å². The molecular formula is C16H22N2O2. The fourth-order valence-corrected chi connectivity index (χ4v) is 2.47. The van der Waals surface area contributed by atoms with Crippen molar-refractivity contribution in [2.45, 2.75) is 46.2 Å². The van der Waals surface area contributed by atoms with E-state index in [-0.39, 0.29) is 11.8 Å². The van der Waals surface area contributed by atoms with Crippen LogP contribution in [0.15, 0.2) is 18.2 Å². The quantitative estimate of drug-likeness (QED) is 0.896. The first-order chi connectivity index (χ1) is 9.29. The van der Waals surface area contributed by atoms with Gasteiger partial charge in [-0.15, -0.1) is 0 Å². The predicted molar refractivity (Wildman–Crippen MR) is 78.2 cm³/mol. The van der Waals surface area contributed by atoms with E-state index in [0.717, 1.165) is 5.56 Å². The number of carbonyl (C=O) groups excluding carboxylic acids is 2. The van der Waals surface area contributed by atoms with E-state index in [0.29, 0.717) is 19.5 Å². The molecule has 1 fully saturated rings.